The summed E-state index contributed by atoms with van der Waals surface area (Å²) in [5.74, 6) is 0. The smallest absolute Gasteiger partial charge is 0.0404 e. The van der Waals surface area contributed by atoms with E-state index in [0.29, 0.717) is 0 Å². The number of anilines is 1. The van der Waals surface area contributed by atoms with Gasteiger partial charge in [-0.1, -0.05) is 31.4 Å². The van der Waals surface area contributed by atoms with Crippen LogP contribution in [0.4, 0.5) is 5.69 Å². The van der Waals surface area contributed by atoms with Gasteiger partial charge in [-0.25, -0.2) is 0 Å². The van der Waals surface area contributed by atoms with Gasteiger partial charge in [0.25, 0.3) is 0 Å². The second-order valence-corrected chi connectivity index (χ2v) is 5.69. The van der Waals surface area contributed by atoms with Gasteiger partial charge in [0, 0.05) is 18.3 Å². The Labute approximate surface area is 110 Å². The number of benzene rings is 1. The van der Waals surface area contributed by atoms with Crippen molar-refractivity contribution in [2.75, 3.05) is 18.0 Å². The van der Waals surface area contributed by atoms with Crippen molar-refractivity contribution >= 4 is 5.69 Å². The van der Waals surface area contributed by atoms with E-state index in [1.807, 2.05) is 0 Å². The Kier molecular flexibility index (Phi) is 3.55. The van der Waals surface area contributed by atoms with E-state index in [1.54, 1.807) is 5.56 Å². The lowest BCUT2D eigenvalue weighted by Gasteiger charge is -2.33. The van der Waals surface area contributed by atoms with Crippen LogP contribution in [0.2, 0.25) is 0 Å². The molecule has 1 aliphatic carbocycles. The third kappa shape index (κ3) is 2.14. The molecule has 0 amide bonds. The molecule has 1 aliphatic heterocycles. The Bertz CT molecular complexity index is 408. The number of hydrogen-bond donors (Lipinski definition) is 1. The van der Waals surface area contributed by atoms with Crippen molar-refractivity contribution in [3.8, 4) is 0 Å². The quantitative estimate of drug-likeness (QED) is 0.886. The zero-order valence-corrected chi connectivity index (χ0v) is 11.2. The second-order valence-electron chi connectivity index (χ2n) is 5.69. The molecule has 2 heteroatoms. The van der Waals surface area contributed by atoms with E-state index in [1.165, 1.54) is 56.3 Å². The first-order valence-electron chi connectivity index (χ1n) is 7.47. The molecule has 2 aliphatic rings. The minimum atomic E-state index is 0.764. The molecule has 1 heterocycles. The number of nitrogens with zero attached hydrogens (tertiary/aromatic N) is 1. The molecule has 0 bridgehead atoms. The zero-order valence-electron chi connectivity index (χ0n) is 11.2. The predicted octanol–water partition coefficient (Wildman–Crippen LogP) is 2.88. The molecule has 0 atom stereocenters. The molecule has 18 heavy (non-hydrogen) atoms. The first-order valence-corrected chi connectivity index (χ1v) is 7.47. The summed E-state index contributed by atoms with van der Waals surface area (Å²) in [6, 6.07) is 7.59. The summed E-state index contributed by atoms with van der Waals surface area (Å²) < 4.78 is 0. The van der Waals surface area contributed by atoms with Crippen LogP contribution in [0.3, 0.4) is 0 Å². The van der Waals surface area contributed by atoms with Gasteiger partial charge >= 0.3 is 0 Å². The average Bonchev–Trinajstić information content (AvgIpc) is 2.85. The Morgan fingerprint density at radius 1 is 1.17 bits per heavy atom. The standard InChI is InChI=1S/C16H24N2/c17-11-9-13-5-4-8-16-15(13)10-12-18(16)14-6-2-1-3-7-14/h4-5,8,14H,1-3,6-7,9-12,17H2. The molecule has 0 radical (unpaired) electrons. The van der Waals surface area contributed by atoms with E-state index in [2.05, 4.69) is 23.1 Å². The molecule has 0 spiro atoms. The van der Waals surface area contributed by atoms with Gasteiger partial charge in [-0.3, -0.25) is 0 Å². The van der Waals surface area contributed by atoms with Crippen LogP contribution in [0.15, 0.2) is 18.2 Å². The van der Waals surface area contributed by atoms with Crippen molar-refractivity contribution in [1.29, 1.82) is 0 Å². The van der Waals surface area contributed by atoms with Crippen LogP contribution in [-0.2, 0) is 12.8 Å². The van der Waals surface area contributed by atoms with Crippen LogP contribution in [0.25, 0.3) is 0 Å². The largest absolute Gasteiger partial charge is 0.368 e. The van der Waals surface area contributed by atoms with E-state index < -0.39 is 0 Å². The third-order valence-corrected chi connectivity index (χ3v) is 4.59. The van der Waals surface area contributed by atoms with Gasteiger partial charge in [-0.05, 0) is 49.4 Å². The van der Waals surface area contributed by atoms with Crippen LogP contribution in [-0.4, -0.2) is 19.1 Å². The van der Waals surface area contributed by atoms with Crippen LogP contribution in [0, 0.1) is 0 Å². The summed E-state index contributed by atoms with van der Waals surface area (Å²) in [5, 5.41) is 0. The number of nitrogens with two attached hydrogens (primary N) is 1. The Hall–Kier alpha value is -1.02. The normalized spacial score (nSPS) is 20.2. The zero-order chi connectivity index (χ0) is 12.4. The number of fused-ring (bicyclic) bond motifs is 1. The first-order chi connectivity index (χ1) is 8.90. The molecule has 3 rings (SSSR count). The highest BCUT2D eigenvalue weighted by Crippen LogP contribution is 2.36. The minimum absolute atomic E-state index is 0.764. The molecule has 2 nitrogen and oxygen atoms in total. The molecular weight excluding hydrogens is 220 g/mol. The maximum Gasteiger partial charge on any atom is 0.0404 e. The molecule has 1 saturated carbocycles. The molecule has 1 aromatic carbocycles. The molecule has 1 fully saturated rings. The van der Waals surface area contributed by atoms with Gasteiger partial charge in [-0.2, -0.15) is 0 Å². The topological polar surface area (TPSA) is 29.3 Å². The number of hydrogen-bond acceptors (Lipinski definition) is 2. The van der Waals surface area contributed by atoms with Crippen LogP contribution in [0.1, 0.15) is 43.2 Å². The van der Waals surface area contributed by atoms with E-state index in [-0.39, 0.29) is 0 Å². The lowest BCUT2D eigenvalue weighted by molar-refractivity contribution is 0.420. The maximum atomic E-state index is 5.72. The molecule has 98 valence electrons. The van der Waals surface area contributed by atoms with Crippen LogP contribution < -0.4 is 10.6 Å². The van der Waals surface area contributed by atoms with Crippen molar-refractivity contribution in [2.24, 2.45) is 5.73 Å². The number of rotatable bonds is 3. The summed E-state index contributed by atoms with van der Waals surface area (Å²) in [6.45, 7) is 1.99. The highest BCUT2D eigenvalue weighted by molar-refractivity contribution is 5.61. The molecular formula is C16H24N2. The molecule has 2 N–H and O–H groups in total. The Balaban J connectivity index is 1.84. The van der Waals surface area contributed by atoms with Gasteiger partial charge in [0.15, 0.2) is 0 Å². The second kappa shape index (κ2) is 5.31. The summed E-state index contributed by atoms with van der Waals surface area (Å²) >= 11 is 0. The summed E-state index contributed by atoms with van der Waals surface area (Å²) in [5.41, 5.74) is 10.3. The highest BCUT2D eigenvalue weighted by atomic mass is 15.2. The average molecular weight is 244 g/mol. The SMILES string of the molecule is NCCc1cccc2c1CCN2C1CCCCC1. The fourth-order valence-electron chi connectivity index (χ4n) is 3.69. The Morgan fingerprint density at radius 2 is 2.00 bits per heavy atom. The highest BCUT2D eigenvalue weighted by Gasteiger charge is 2.28. The van der Waals surface area contributed by atoms with E-state index in [4.69, 9.17) is 5.73 Å². The van der Waals surface area contributed by atoms with Crippen molar-refractivity contribution in [2.45, 2.75) is 51.0 Å². The summed E-state index contributed by atoms with van der Waals surface area (Å²) in [4.78, 5) is 2.68. The lowest BCUT2D eigenvalue weighted by atomic mass is 9.94. The van der Waals surface area contributed by atoms with Gasteiger partial charge in [-0.15, -0.1) is 0 Å². The van der Waals surface area contributed by atoms with E-state index >= 15 is 0 Å². The monoisotopic (exact) mass is 244 g/mol. The molecule has 0 saturated heterocycles. The van der Waals surface area contributed by atoms with Crippen LogP contribution >= 0.6 is 0 Å². The van der Waals surface area contributed by atoms with Crippen LogP contribution in [0.5, 0.6) is 0 Å². The van der Waals surface area contributed by atoms with Crippen molar-refractivity contribution < 1.29 is 0 Å². The fourth-order valence-corrected chi connectivity index (χ4v) is 3.69. The van der Waals surface area contributed by atoms with E-state index in [0.717, 1.165) is 19.0 Å². The molecule has 1 aromatic rings. The first kappa shape index (κ1) is 12.0. The Morgan fingerprint density at radius 3 is 2.78 bits per heavy atom. The molecule has 0 unspecified atom stereocenters. The predicted molar refractivity (Wildman–Crippen MR) is 77.1 cm³/mol. The van der Waals surface area contributed by atoms with E-state index in [9.17, 15) is 0 Å². The summed E-state index contributed by atoms with van der Waals surface area (Å²) in [7, 11) is 0. The van der Waals surface area contributed by atoms with Gasteiger partial charge in [0.2, 0.25) is 0 Å². The summed E-state index contributed by atoms with van der Waals surface area (Å²) in [6.07, 6.45) is 9.30. The van der Waals surface area contributed by atoms with Gasteiger partial charge in [0.05, 0.1) is 0 Å². The van der Waals surface area contributed by atoms with Crippen molar-refractivity contribution in [3.05, 3.63) is 29.3 Å². The van der Waals surface area contributed by atoms with Crippen molar-refractivity contribution in [1.82, 2.24) is 0 Å². The lowest BCUT2D eigenvalue weighted by Crippen LogP contribution is -2.35. The molecule has 0 aromatic heterocycles. The van der Waals surface area contributed by atoms with Gasteiger partial charge < -0.3 is 10.6 Å². The third-order valence-electron chi connectivity index (χ3n) is 4.59. The van der Waals surface area contributed by atoms with Crippen molar-refractivity contribution in [3.63, 3.8) is 0 Å². The van der Waals surface area contributed by atoms with Gasteiger partial charge in [0.1, 0.15) is 0 Å². The fraction of sp³-hybridized carbons (Fsp3) is 0.625. The maximum absolute atomic E-state index is 5.72. The minimum Gasteiger partial charge on any atom is -0.368 e.